The van der Waals surface area contributed by atoms with Crippen LogP contribution in [0, 0.1) is 59.2 Å². The zero-order valence-corrected chi connectivity index (χ0v) is 11.3. The molecule has 10 atom stereocenters. The van der Waals surface area contributed by atoms with E-state index in [1.807, 2.05) is 0 Å². The molecule has 6 aliphatic rings. The second-order valence-electron chi connectivity index (χ2n) is 7.96. The summed E-state index contributed by atoms with van der Waals surface area (Å²) >= 11 is 0. The van der Waals surface area contributed by atoms with E-state index >= 15 is 0 Å². The van der Waals surface area contributed by atoms with Gasteiger partial charge in [-0.3, -0.25) is 9.59 Å². The van der Waals surface area contributed by atoms with Crippen molar-refractivity contribution in [2.75, 3.05) is 0 Å². The van der Waals surface area contributed by atoms with E-state index in [0.717, 1.165) is 12.8 Å². The molecule has 6 rings (SSSR count). The molecular formula is C18H18O2. The van der Waals surface area contributed by atoms with Crippen LogP contribution in [0.15, 0.2) is 24.3 Å². The largest absolute Gasteiger partial charge is 0.299 e. The summed E-state index contributed by atoms with van der Waals surface area (Å²) in [4.78, 5) is 26.0. The Morgan fingerprint density at radius 3 is 1.45 bits per heavy atom. The van der Waals surface area contributed by atoms with E-state index in [1.54, 1.807) is 0 Å². The van der Waals surface area contributed by atoms with Crippen molar-refractivity contribution >= 4 is 11.6 Å². The summed E-state index contributed by atoms with van der Waals surface area (Å²) in [6.07, 6.45) is 11.4. The highest BCUT2D eigenvalue weighted by Crippen LogP contribution is 2.68. The summed E-state index contributed by atoms with van der Waals surface area (Å²) in [5.74, 6) is 4.25. The summed E-state index contributed by atoms with van der Waals surface area (Å²) in [5.41, 5.74) is 0. The molecule has 0 aromatic heterocycles. The number of carbonyl (C=O) groups excluding carboxylic acids is 2. The summed E-state index contributed by atoms with van der Waals surface area (Å²) in [7, 11) is 0. The third-order valence-electron chi connectivity index (χ3n) is 7.57. The molecule has 0 heterocycles. The lowest BCUT2D eigenvalue weighted by molar-refractivity contribution is -0.127. The van der Waals surface area contributed by atoms with Gasteiger partial charge in [0.25, 0.3) is 0 Å². The maximum atomic E-state index is 13.0. The van der Waals surface area contributed by atoms with Gasteiger partial charge in [0.2, 0.25) is 0 Å². The first kappa shape index (κ1) is 10.5. The maximum Gasteiger partial charge on any atom is 0.141 e. The molecule has 4 fully saturated rings. The molecule has 6 aliphatic carbocycles. The van der Waals surface area contributed by atoms with Crippen LogP contribution in [-0.2, 0) is 9.59 Å². The van der Waals surface area contributed by atoms with Gasteiger partial charge in [0.05, 0.1) is 0 Å². The van der Waals surface area contributed by atoms with Gasteiger partial charge in [-0.1, -0.05) is 24.3 Å². The molecule has 2 heteroatoms. The Kier molecular flexibility index (Phi) is 1.59. The first-order valence-electron chi connectivity index (χ1n) is 8.20. The Morgan fingerprint density at radius 1 is 0.600 bits per heavy atom. The number of ketones is 2. The molecule has 4 saturated carbocycles. The minimum absolute atomic E-state index is 0.0904. The van der Waals surface area contributed by atoms with Crippen LogP contribution in [0.4, 0.5) is 0 Å². The van der Waals surface area contributed by atoms with Crippen LogP contribution < -0.4 is 0 Å². The summed E-state index contributed by atoms with van der Waals surface area (Å²) < 4.78 is 0. The molecule has 0 N–H and O–H groups in total. The quantitative estimate of drug-likeness (QED) is 0.630. The van der Waals surface area contributed by atoms with Crippen molar-refractivity contribution in [1.29, 1.82) is 0 Å². The Balaban J connectivity index is 1.51. The Bertz CT molecular complexity index is 561. The first-order valence-corrected chi connectivity index (χ1v) is 8.20. The van der Waals surface area contributed by atoms with Crippen LogP contribution in [-0.4, -0.2) is 11.6 Å². The highest BCUT2D eigenvalue weighted by molar-refractivity contribution is 6.01. The number of Topliss-reactive ketones (excluding diaryl/α,β-unsaturated/α-hetero) is 2. The smallest absolute Gasteiger partial charge is 0.141 e. The molecule has 0 aliphatic heterocycles. The van der Waals surface area contributed by atoms with Gasteiger partial charge in [0.1, 0.15) is 11.6 Å². The molecule has 0 spiro atoms. The minimum atomic E-state index is 0.0904. The van der Waals surface area contributed by atoms with Crippen LogP contribution in [0.2, 0.25) is 0 Å². The van der Waals surface area contributed by atoms with Crippen LogP contribution in [0.5, 0.6) is 0 Å². The minimum Gasteiger partial charge on any atom is -0.299 e. The molecule has 0 aromatic carbocycles. The summed E-state index contributed by atoms with van der Waals surface area (Å²) in [5, 5.41) is 0. The van der Waals surface area contributed by atoms with Gasteiger partial charge >= 0.3 is 0 Å². The molecule has 2 nitrogen and oxygen atoms in total. The highest BCUT2D eigenvalue weighted by Gasteiger charge is 2.71. The number of rotatable bonds is 0. The monoisotopic (exact) mass is 266 g/mol. The second kappa shape index (κ2) is 3.03. The van der Waals surface area contributed by atoms with Crippen molar-refractivity contribution < 1.29 is 9.59 Å². The number of hydrogen-bond acceptors (Lipinski definition) is 2. The predicted molar refractivity (Wildman–Crippen MR) is 72.4 cm³/mol. The molecule has 4 bridgehead atoms. The molecule has 0 amide bonds. The fourth-order valence-corrected chi connectivity index (χ4v) is 7.16. The third kappa shape index (κ3) is 0.889. The number of hydrogen-bond donors (Lipinski definition) is 0. The maximum absolute atomic E-state index is 13.0. The SMILES string of the molecule is O=C1[C@H]2[C@@H](C(=O)[C@H]3[C@H]2[C@H]2C=C[C@H]3C2)[C@@H]2[C@H]1[C@H]1C=C[C@H]2C1. The van der Waals surface area contributed by atoms with Gasteiger partial charge in [-0.05, 0) is 48.3 Å². The van der Waals surface area contributed by atoms with Gasteiger partial charge in [-0.25, -0.2) is 0 Å². The Labute approximate surface area is 118 Å². The Morgan fingerprint density at radius 2 is 1.00 bits per heavy atom. The normalized spacial score (nSPS) is 63.4. The average Bonchev–Trinajstić information content (AvgIpc) is 3.21. The van der Waals surface area contributed by atoms with Crippen LogP contribution in [0.3, 0.4) is 0 Å². The molecule has 0 unspecified atom stereocenters. The van der Waals surface area contributed by atoms with Gasteiger partial charge in [0.15, 0.2) is 0 Å². The van der Waals surface area contributed by atoms with Gasteiger partial charge < -0.3 is 0 Å². The topological polar surface area (TPSA) is 34.1 Å². The van der Waals surface area contributed by atoms with Gasteiger partial charge in [-0.15, -0.1) is 0 Å². The lowest BCUT2D eigenvalue weighted by Crippen LogP contribution is -2.30. The third-order valence-corrected chi connectivity index (χ3v) is 7.57. The lowest BCUT2D eigenvalue weighted by Gasteiger charge is -2.25. The fraction of sp³-hybridized carbons (Fsp3) is 0.667. The van der Waals surface area contributed by atoms with Crippen molar-refractivity contribution in [3.05, 3.63) is 24.3 Å². The molecule has 20 heavy (non-hydrogen) atoms. The standard InChI is InChI=1S/C18H18O2/c19-17-13-9-3-1-7(5-9)11(13)15-16(17)12-8-2-4-10(6-8)14(12)18(15)20/h1-4,7-16H,5-6H2/t7-,8-,9-,10-,11-,12+,13+,14+,15-,16+/m0/s1. The summed E-state index contributed by atoms with van der Waals surface area (Å²) in [6.45, 7) is 0. The zero-order valence-electron chi connectivity index (χ0n) is 11.3. The predicted octanol–water partition coefficient (Wildman–Crippen LogP) is 2.26. The van der Waals surface area contributed by atoms with Crippen molar-refractivity contribution in [2.45, 2.75) is 12.8 Å². The van der Waals surface area contributed by atoms with Crippen molar-refractivity contribution in [3.8, 4) is 0 Å². The number of carbonyl (C=O) groups is 2. The molecule has 0 aromatic rings. The van der Waals surface area contributed by atoms with E-state index in [1.165, 1.54) is 0 Å². The highest BCUT2D eigenvalue weighted by atomic mass is 16.1. The fourth-order valence-electron chi connectivity index (χ4n) is 7.16. The second-order valence-corrected chi connectivity index (χ2v) is 7.96. The van der Waals surface area contributed by atoms with Crippen LogP contribution >= 0.6 is 0 Å². The zero-order chi connectivity index (χ0) is 13.2. The molecular weight excluding hydrogens is 248 g/mol. The van der Waals surface area contributed by atoms with Crippen LogP contribution in [0.1, 0.15) is 12.8 Å². The van der Waals surface area contributed by atoms with Gasteiger partial charge in [0, 0.05) is 23.7 Å². The molecule has 0 radical (unpaired) electrons. The van der Waals surface area contributed by atoms with Crippen LogP contribution in [0.25, 0.3) is 0 Å². The van der Waals surface area contributed by atoms with Gasteiger partial charge in [-0.2, -0.15) is 0 Å². The number of allylic oxidation sites excluding steroid dienone is 4. The van der Waals surface area contributed by atoms with E-state index in [0.29, 0.717) is 47.1 Å². The molecule has 0 saturated heterocycles. The van der Waals surface area contributed by atoms with E-state index < -0.39 is 0 Å². The van der Waals surface area contributed by atoms with E-state index in [2.05, 4.69) is 24.3 Å². The van der Waals surface area contributed by atoms with E-state index in [9.17, 15) is 9.59 Å². The lowest BCUT2D eigenvalue weighted by atomic mass is 9.77. The summed E-state index contributed by atoms with van der Waals surface area (Å²) in [6, 6.07) is 0. The van der Waals surface area contributed by atoms with E-state index in [-0.39, 0.29) is 23.7 Å². The molecule has 102 valence electrons. The Hall–Kier alpha value is -1.18. The first-order chi connectivity index (χ1) is 9.75. The number of fused-ring (bicyclic) bond motifs is 13. The van der Waals surface area contributed by atoms with Crippen molar-refractivity contribution in [2.24, 2.45) is 59.2 Å². The average molecular weight is 266 g/mol. The van der Waals surface area contributed by atoms with Crippen molar-refractivity contribution in [3.63, 3.8) is 0 Å². The van der Waals surface area contributed by atoms with Crippen molar-refractivity contribution in [1.82, 2.24) is 0 Å². The van der Waals surface area contributed by atoms with E-state index in [4.69, 9.17) is 0 Å².